The maximum atomic E-state index is 12.0. The predicted octanol–water partition coefficient (Wildman–Crippen LogP) is 2.15. The zero-order valence-electron chi connectivity index (χ0n) is 14.0. The molecule has 1 atom stereocenters. The van der Waals surface area contributed by atoms with Gasteiger partial charge in [0.05, 0.1) is 5.92 Å². The van der Waals surface area contributed by atoms with Gasteiger partial charge in [0.1, 0.15) is 5.60 Å². The molecule has 0 radical (unpaired) electrons. The first-order chi connectivity index (χ1) is 11.2. The van der Waals surface area contributed by atoms with E-state index >= 15 is 0 Å². The molecule has 1 aliphatic heterocycles. The molecule has 1 aromatic rings. The van der Waals surface area contributed by atoms with Gasteiger partial charge in [-0.3, -0.25) is 9.59 Å². The van der Waals surface area contributed by atoms with E-state index in [1.807, 2.05) is 6.07 Å². The molecule has 1 unspecified atom stereocenters. The van der Waals surface area contributed by atoms with E-state index < -0.39 is 23.6 Å². The molecule has 2 N–H and O–H groups in total. The molecule has 0 aliphatic carbocycles. The fourth-order valence-electron chi connectivity index (χ4n) is 2.45. The van der Waals surface area contributed by atoms with Crippen molar-refractivity contribution in [1.29, 1.82) is 0 Å². The molecule has 0 spiro atoms. The summed E-state index contributed by atoms with van der Waals surface area (Å²) >= 11 is 0. The van der Waals surface area contributed by atoms with Gasteiger partial charge in [-0.15, -0.1) is 0 Å². The lowest BCUT2D eigenvalue weighted by atomic mass is 10.1. The molecule has 7 nitrogen and oxygen atoms in total. The van der Waals surface area contributed by atoms with Gasteiger partial charge in [-0.1, -0.05) is 12.1 Å². The number of alkyl carbamates (subject to hydrolysis) is 1. The lowest BCUT2D eigenvalue weighted by molar-refractivity contribution is -0.141. The Bertz CT molecular complexity index is 651. The van der Waals surface area contributed by atoms with Gasteiger partial charge in [0.25, 0.3) is 0 Å². The summed E-state index contributed by atoms with van der Waals surface area (Å²) in [4.78, 5) is 36.2. The number of rotatable bonds is 4. The van der Waals surface area contributed by atoms with Crippen molar-refractivity contribution in [2.45, 2.75) is 39.3 Å². The maximum Gasteiger partial charge on any atom is 0.407 e. The predicted molar refractivity (Wildman–Crippen MR) is 87.6 cm³/mol. The second-order valence-corrected chi connectivity index (χ2v) is 6.77. The van der Waals surface area contributed by atoms with Gasteiger partial charge in [0.15, 0.2) is 0 Å². The van der Waals surface area contributed by atoms with Crippen LogP contribution in [0.25, 0.3) is 0 Å². The number of carboxylic acid groups (broad SMARTS) is 1. The minimum absolute atomic E-state index is 0.00964. The number of nitrogens with one attached hydrogen (secondary N) is 1. The topological polar surface area (TPSA) is 95.9 Å². The van der Waals surface area contributed by atoms with E-state index in [0.29, 0.717) is 5.69 Å². The summed E-state index contributed by atoms with van der Waals surface area (Å²) in [6.45, 7) is 5.77. The number of benzene rings is 1. The smallest absolute Gasteiger partial charge is 0.407 e. The molecule has 24 heavy (non-hydrogen) atoms. The molecule has 0 bridgehead atoms. The summed E-state index contributed by atoms with van der Waals surface area (Å²) in [5, 5.41) is 11.7. The number of amides is 2. The Balaban J connectivity index is 2.00. The van der Waals surface area contributed by atoms with Crippen molar-refractivity contribution < 1.29 is 24.2 Å². The molecule has 0 aromatic heterocycles. The number of anilines is 1. The van der Waals surface area contributed by atoms with Crippen molar-refractivity contribution in [2.24, 2.45) is 5.92 Å². The van der Waals surface area contributed by atoms with Crippen LogP contribution in [-0.4, -0.2) is 35.2 Å². The number of aliphatic carboxylic acids is 1. The van der Waals surface area contributed by atoms with Crippen LogP contribution in [0.1, 0.15) is 32.8 Å². The number of carboxylic acids is 1. The number of hydrogen-bond donors (Lipinski definition) is 2. The van der Waals surface area contributed by atoms with Crippen LogP contribution in [0.2, 0.25) is 0 Å². The molecule has 1 saturated heterocycles. The van der Waals surface area contributed by atoms with Crippen molar-refractivity contribution in [2.75, 3.05) is 11.4 Å². The fraction of sp³-hybridized carbons (Fsp3) is 0.471. The average Bonchev–Trinajstić information content (AvgIpc) is 2.86. The minimum atomic E-state index is -0.964. The van der Waals surface area contributed by atoms with Gasteiger partial charge in [-0.25, -0.2) is 4.79 Å². The van der Waals surface area contributed by atoms with E-state index in [2.05, 4.69) is 5.32 Å². The standard InChI is InChI=1S/C17H22N2O5/c1-17(2,3)24-16(23)18-9-11-5-4-6-13(7-11)19-10-12(15(21)22)8-14(19)20/h4-7,12H,8-10H2,1-3H3,(H,18,23)(H,21,22). The van der Waals surface area contributed by atoms with Crippen LogP contribution < -0.4 is 10.2 Å². The van der Waals surface area contributed by atoms with E-state index in [-0.39, 0.29) is 25.4 Å². The van der Waals surface area contributed by atoms with E-state index in [9.17, 15) is 14.4 Å². The van der Waals surface area contributed by atoms with Crippen molar-refractivity contribution in [3.05, 3.63) is 29.8 Å². The van der Waals surface area contributed by atoms with Gasteiger partial charge in [-0.05, 0) is 38.5 Å². The molecular formula is C17H22N2O5. The van der Waals surface area contributed by atoms with Crippen LogP contribution in [0.15, 0.2) is 24.3 Å². The Morgan fingerprint density at radius 3 is 2.67 bits per heavy atom. The molecule has 7 heteroatoms. The highest BCUT2D eigenvalue weighted by atomic mass is 16.6. The summed E-state index contributed by atoms with van der Waals surface area (Å²) in [7, 11) is 0. The Hall–Kier alpha value is -2.57. The molecule has 0 saturated carbocycles. The summed E-state index contributed by atoms with van der Waals surface area (Å²) in [5.74, 6) is -1.85. The number of carbonyl (C=O) groups is 3. The fourth-order valence-corrected chi connectivity index (χ4v) is 2.45. The molecule has 130 valence electrons. The van der Waals surface area contributed by atoms with Gasteiger partial charge < -0.3 is 20.1 Å². The first-order valence-corrected chi connectivity index (χ1v) is 7.74. The van der Waals surface area contributed by atoms with Gasteiger partial charge in [0, 0.05) is 25.2 Å². The third-order valence-corrected chi connectivity index (χ3v) is 3.53. The van der Waals surface area contributed by atoms with Crippen LogP contribution in [-0.2, 0) is 20.9 Å². The van der Waals surface area contributed by atoms with Gasteiger partial charge >= 0.3 is 12.1 Å². The Labute approximate surface area is 140 Å². The first-order valence-electron chi connectivity index (χ1n) is 7.74. The quantitative estimate of drug-likeness (QED) is 0.879. The summed E-state index contributed by atoms with van der Waals surface area (Å²) in [5.41, 5.74) is 0.858. The van der Waals surface area contributed by atoms with Crippen LogP contribution in [0.3, 0.4) is 0 Å². The molecule has 2 rings (SSSR count). The third-order valence-electron chi connectivity index (χ3n) is 3.53. The van der Waals surface area contributed by atoms with E-state index in [4.69, 9.17) is 9.84 Å². The van der Waals surface area contributed by atoms with E-state index in [1.54, 1.807) is 39.0 Å². The average molecular weight is 334 g/mol. The summed E-state index contributed by atoms with van der Waals surface area (Å²) < 4.78 is 5.17. The Morgan fingerprint density at radius 1 is 1.38 bits per heavy atom. The lowest BCUT2D eigenvalue weighted by Crippen LogP contribution is -2.32. The molecule has 1 fully saturated rings. The van der Waals surface area contributed by atoms with Crippen LogP contribution in [0.4, 0.5) is 10.5 Å². The largest absolute Gasteiger partial charge is 0.481 e. The first kappa shape index (κ1) is 17.8. The van der Waals surface area contributed by atoms with Gasteiger partial charge in [0.2, 0.25) is 5.91 Å². The maximum absolute atomic E-state index is 12.0. The van der Waals surface area contributed by atoms with E-state index in [0.717, 1.165) is 5.56 Å². The Kier molecular flexibility index (Phi) is 5.11. The molecule has 1 heterocycles. The zero-order valence-corrected chi connectivity index (χ0v) is 14.0. The van der Waals surface area contributed by atoms with Crippen molar-refractivity contribution in [1.82, 2.24) is 5.32 Å². The zero-order chi connectivity index (χ0) is 17.9. The van der Waals surface area contributed by atoms with Crippen molar-refractivity contribution in [3.8, 4) is 0 Å². The highest BCUT2D eigenvalue weighted by Gasteiger charge is 2.35. The summed E-state index contributed by atoms with van der Waals surface area (Å²) in [6, 6.07) is 7.09. The van der Waals surface area contributed by atoms with Crippen LogP contribution in [0, 0.1) is 5.92 Å². The van der Waals surface area contributed by atoms with Crippen LogP contribution in [0.5, 0.6) is 0 Å². The summed E-state index contributed by atoms with van der Waals surface area (Å²) in [6.07, 6.45) is -0.508. The number of ether oxygens (including phenoxy) is 1. The minimum Gasteiger partial charge on any atom is -0.481 e. The lowest BCUT2D eigenvalue weighted by Gasteiger charge is -2.20. The molecular weight excluding hydrogens is 312 g/mol. The highest BCUT2D eigenvalue weighted by Crippen LogP contribution is 2.26. The molecule has 2 amide bonds. The van der Waals surface area contributed by atoms with Crippen molar-refractivity contribution >= 4 is 23.7 Å². The van der Waals surface area contributed by atoms with Crippen LogP contribution >= 0.6 is 0 Å². The monoisotopic (exact) mass is 334 g/mol. The van der Waals surface area contributed by atoms with Crippen molar-refractivity contribution in [3.63, 3.8) is 0 Å². The second-order valence-electron chi connectivity index (χ2n) is 6.77. The second kappa shape index (κ2) is 6.90. The third kappa shape index (κ3) is 4.71. The highest BCUT2D eigenvalue weighted by molar-refractivity contribution is 5.99. The molecule has 1 aromatic carbocycles. The van der Waals surface area contributed by atoms with E-state index in [1.165, 1.54) is 4.90 Å². The number of nitrogens with zero attached hydrogens (tertiary/aromatic N) is 1. The Morgan fingerprint density at radius 2 is 2.08 bits per heavy atom. The number of hydrogen-bond acceptors (Lipinski definition) is 4. The van der Waals surface area contributed by atoms with Gasteiger partial charge in [-0.2, -0.15) is 0 Å². The number of carbonyl (C=O) groups excluding carboxylic acids is 2. The SMILES string of the molecule is CC(C)(C)OC(=O)NCc1cccc(N2CC(C(=O)O)CC2=O)c1. The molecule has 1 aliphatic rings. The normalized spacial score (nSPS) is 17.7.